The SMILES string of the molecule is C[C@H]1OCCN[C@@H]1c1nc(-c2ccc(N3CCCCC3)cc2)no1. The minimum atomic E-state index is -0.0346. The molecule has 2 aliphatic rings. The monoisotopic (exact) mass is 328 g/mol. The van der Waals surface area contributed by atoms with Crippen molar-refractivity contribution >= 4 is 5.69 Å². The van der Waals surface area contributed by atoms with Crippen molar-refractivity contribution in [3.63, 3.8) is 0 Å². The Labute approximate surface area is 142 Å². The molecule has 2 aliphatic heterocycles. The van der Waals surface area contributed by atoms with Gasteiger partial charge in [0, 0.05) is 30.9 Å². The molecule has 4 rings (SSSR count). The quantitative estimate of drug-likeness (QED) is 0.935. The van der Waals surface area contributed by atoms with Crippen molar-refractivity contribution in [3.8, 4) is 11.4 Å². The number of hydrogen-bond donors (Lipinski definition) is 1. The van der Waals surface area contributed by atoms with Gasteiger partial charge in [0.2, 0.25) is 11.7 Å². The van der Waals surface area contributed by atoms with Crippen molar-refractivity contribution < 1.29 is 9.26 Å². The minimum absolute atomic E-state index is 0.0346. The number of morpholine rings is 1. The summed E-state index contributed by atoms with van der Waals surface area (Å²) in [6, 6.07) is 8.43. The summed E-state index contributed by atoms with van der Waals surface area (Å²) in [7, 11) is 0. The van der Waals surface area contributed by atoms with Gasteiger partial charge in [-0.25, -0.2) is 0 Å². The highest BCUT2D eigenvalue weighted by Crippen LogP contribution is 2.26. The molecule has 0 spiro atoms. The Hall–Kier alpha value is -1.92. The molecule has 0 aliphatic carbocycles. The van der Waals surface area contributed by atoms with Crippen LogP contribution in [0.25, 0.3) is 11.4 Å². The smallest absolute Gasteiger partial charge is 0.246 e. The Morgan fingerprint density at radius 3 is 2.67 bits per heavy atom. The zero-order valence-electron chi connectivity index (χ0n) is 14.1. The first kappa shape index (κ1) is 15.6. The lowest BCUT2D eigenvalue weighted by molar-refractivity contribution is -0.00136. The van der Waals surface area contributed by atoms with Crippen LogP contribution in [-0.4, -0.2) is 42.5 Å². The zero-order valence-corrected chi connectivity index (χ0v) is 14.1. The first-order valence-electron chi connectivity index (χ1n) is 8.85. The summed E-state index contributed by atoms with van der Waals surface area (Å²) in [4.78, 5) is 7.01. The summed E-state index contributed by atoms with van der Waals surface area (Å²) >= 11 is 0. The van der Waals surface area contributed by atoms with Crippen molar-refractivity contribution in [3.05, 3.63) is 30.2 Å². The molecule has 2 fully saturated rings. The van der Waals surface area contributed by atoms with Gasteiger partial charge in [0.25, 0.3) is 0 Å². The number of anilines is 1. The molecule has 1 aromatic carbocycles. The average Bonchev–Trinajstić information content (AvgIpc) is 3.13. The van der Waals surface area contributed by atoms with Gasteiger partial charge in [-0.05, 0) is 50.5 Å². The summed E-state index contributed by atoms with van der Waals surface area (Å²) in [5, 5.41) is 7.52. The second-order valence-corrected chi connectivity index (χ2v) is 6.56. The Balaban J connectivity index is 1.49. The number of nitrogens with zero attached hydrogens (tertiary/aromatic N) is 3. The maximum Gasteiger partial charge on any atom is 0.246 e. The number of benzene rings is 1. The molecule has 0 saturated carbocycles. The van der Waals surface area contributed by atoms with Gasteiger partial charge >= 0.3 is 0 Å². The van der Waals surface area contributed by atoms with Crippen LogP contribution in [0, 0.1) is 0 Å². The van der Waals surface area contributed by atoms with Crippen molar-refractivity contribution in [1.29, 1.82) is 0 Å². The summed E-state index contributed by atoms with van der Waals surface area (Å²) in [5.74, 6) is 1.23. The van der Waals surface area contributed by atoms with Crippen molar-refractivity contribution in [2.45, 2.75) is 38.3 Å². The normalized spacial score (nSPS) is 25.0. The lowest BCUT2D eigenvalue weighted by atomic mass is 10.1. The zero-order chi connectivity index (χ0) is 16.4. The van der Waals surface area contributed by atoms with Gasteiger partial charge in [-0.1, -0.05) is 5.16 Å². The molecule has 0 radical (unpaired) electrons. The highest BCUT2D eigenvalue weighted by molar-refractivity contribution is 5.60. The van der Waals surface area contributed by atoms with E-state index in [9.17, 15) is 0 Å². The van der Waals surface area contributed by atoms with Crippen molar-refractivity contribution in [2.24, 2.45) is 0 Å². The van der Waals surface area contributed by atoms with Crippen LogP contribution < -0.4 is 10.2 Å². The highest BCUT2D eigenvalue weighted by Gasteiger charge is 2.28. The Kier molecular flexibility index (Phi) is 4.49. The Morgan fingerprint density at radius 2 is 1.92 bits per heavy atom. The predicted octanol–water partition coefficient (Wildman–Crippen LogP) is 2.78. The lowest BCUT2D eigenvalue weighted by Crippen LogP contribution is -2.40. The second-order valence-electron chi connectivity index (χ2n) is 6.56. The van der Waals surface area contributed by atoms with Gasteiger partial charge in [0.15, 0.2) is 0 Å². The van der Waals surface area contributed by atoms with E-state index in [0.717, 1.165) is 31.8 Å². The summed E-state index contributed by atoms with van der Waals surface area (Å²) in [6.07, 6.45) is 3.95. The van der Waals surface area contributed by atoms with E-state index in [0.29, 0.717) is 11.7 Å². The van der Waals surface area contributed by atoms with E-state index >= 15 is 0 Å². The number of hydrogen-bond acceptors (Lipinski definition) is 6. The summed E-state index contributed by atoms with van der Waals surface area (Å²) in [6.45, 7) is 5.84. The van der Waals surface area contributed by atoms with Crippen LogP contribution in [0.4, 0.5) is 5.69 Å². The standard InChI is InChI=1S/C18H24N4O2/c1-13-16(19-9-12-23-13)18-20-17(21-24-18)14-5-7-15(8-6-14)22-10-3-2-4-11-22/h5-8,13,16,19H,2-4,9-12H2,1H3/t13-,16+/m1/s1. The van der Waals surface area contributed by atoms with E-state index in [-0.39, 0.29) is 12.1 Å². The van der Waals surface area contributed by atoms with Crippen molar-refractivity contribution in [2.75, 3.05) is 31.1 Å². The van der Waals surface area contributed by atoms with Gasteiger partial charge in [-0.2, -0.15) is 4.98 Å². The van der Waals surface area contributed by atoms with Gasteiger partial charge in [-0.15, -0.1) is 0 Å². The number of nitrogens with one attached hydrogen (secondary N) is 1. The van der Waals surface area contributed by atoms with Crippen LogP contribution in [0.2, 0.25) is 0 Å². The largest absolute Gasteiger partial charge is 0.375 e. The van der Waals surface area contributed by atoms with Gasteiger partial charge in [0.05, 0.1) is 12.7 Å². The molecule has 24 heavy (non-hydrogen) atoms. The first-order chi connectivity index (χ1) is 11.8. The van der Waals surface area contributed by atoms with Crippen LogP contribution in [-0.2, 0) is 4.74 Å². The average molecular weight is 328 g/mol. The molecule has 6 heteroatoms. The molecule has 0 amide bonds. The summed E-state index contributed by atoms with van der Waals surface area (Å²) in [5.41, 5.74) is 2.26. The lowest BCUT2D eigenvalue weighted by Gasteiger charge is -2.28. The Bertz CT molecular complexity index is 664. The van der Waals surface area contributed by atoms with E-state index in [1.54, 1.807) is 0 Å². The third-order valence-electron chi connectivity index (χ3n) is 4.87. The minimum Gasteiger partial charge on any atom is -0.375 e. The molecule has 2 atom stereocenters. The molecule has 128 valence electrons. The molecule has 0 bridgehead atoms. The second kappa shape index (κ2) is 6.91. The third kappa shape index (κ3) is 3.16. The topological polar surface area (TPSA) is 63.4 Å². The van der Waals surface area contributed by atoms with Crippen LogP contribution in [0.15, 0.2) is 28.8 Å². The molecule has 2 aromatic rings. The van der Waals surface area contributed by atoms with Gasteiger partial charge in [-0.3, -0.25) is 0 Å². The van der Waals surface area contributed by atoms with Crippen molar-refractivity contribution in [1.82, 2.24) is 15.5 Å². The fourth-order valence-corrected chi connectivity index (χ4v) is 3.46. The fourth-order valence-electron chi connectivity index (χ4n) is 3.46. The van der Waals surface area contributed by atoms with Crippen LogP contribution in [0.5, 0.6) is 0 Å². The number of rotatable bonds is 3. The molecule has 6 nitrogen and oxygen atoms in total. The molecule has 1 N–H and O–H groups in total. The fraction of sp³-hybridized carbons (Fsp3) is 0.556. The molecular formula is C18H24N4O2. The van der Waals surface area contributed by atoms with E-state index < -0.39 is 0 Å². The molecule has 0 unspecified atom stereocenters. The Morgan fingerprint density at radius 1 is 1.12 bits per heavy atom. The summed E-state index contributed by atoms with van der Waals surface area (Å²) < 4.78 is 11.1. The van der Waals surface area contributed by atoms with E-state index in [4.69, 9.17) is 9.26 Å². The third-order valence-corrected chi connectivity index (χ3v) is 4.87. The van der Waals surface area contributed by atoms with Crippen LogP contribution in [0.3, 0.4) is 0 Å². The van der Waals surface area contributed by atoms with Crippen LogP contribution >= 0.6 is 0 Å². The molecule has 2 saturated heterocycles. The van der Waals surface area contributed by atoms with Gasteiger partial charge < -0.3 is 19.5 Å². The molecule has 1 aromatic heterocycles. The van der Waals surface area contributed by atoms with E-state index in [1.807, 2.05) is 6.92 Å². The molecule has 3 heterocycles. The number of ether oxygens (including phenoxy) is 1. The van der Waals surface area contributed by atoms with Gasteiger partial charge in [0.1, 0.15) is 6.04 Å². The number of aromatic nitrogens is 2. The highest BCUT2D eigenvalue weighted by atomic mass is 16.5. The van der Waals surface area contributed by atoms with Crippen LogP contribution in [0.1, 0.15) is 38.1 Å². The maximum absolute atomic E-state index is 5.65. The first-order valence-corrected chi connectivity index (χ1v) is 8.85. The molecular weight excluding hydrogens is 304 g/mol. The van der Waals surface area contributed by atoms with E-state index in [1.165, 1.54) is 24.9 Å². The van der Waals surface area contributed by atoms with E-state index in [2.05, 4.69) is 44.6 Å². The predicted molar refractivity (Wildman–Crippen MR) is 92.0 cm³/mol. The number of piperidine rings is 1. The maximum atomic E-state index is 5.65.